The first-order chi connectivity index (χ1) is 8.63. The predicted molar refractivity (Wildman–Crippen MR) is 64.2 cm³/mol. The summed E-state index contributed by atoms with van der Waals surface area (Å²) < 4.78 is 5.33. The number of amides is 2. The second-order valence-electron chi connectivity index (χ2n) is 4.49. The van der Waals surface area contributed by atoms with Gasteiger partial charge in [-0.3, -0.25) is 15.0 Å². The van der Waals surface area contributed by atoms with E-state index >= 15 is 0 Å². The molecule has 2 heterocycles. The van der Waals surface area contributed by atoms with Crippen molar-refractivity contribution in [3.05, 3.63) is 23.7 Å². The summed E-state index contributed by atoms with van der Waals surface area (Å²) in [6.45, 7) is 3.25. The number of carbonyl (C=O) groups excluding carboxylic acids is 2. The summed E-state index contributed by atoms with van der Waals surface area (Å²) in [6.07, 6.45) is 1.61. The highest BCUT2D eigenvalue weighted by molar-refractivity contribution is 5.90. The van der Waals surface area contributed by atoms with E-state index in [0.717, 1.165) is 13.0 Å². The van der Waals surface area contributed by atoms with Crippen molar-refractivity contribution in [2.75, 3.05) is 6.54 Å². The zero-order valence-electron chi connectivity index (χ0n) is 10.3. The minimum absolute atomic E-state index is 0.142. The van der Waals surface area contributed by atoms with E-state index < -0.39 is 5.91 Å². The normalized spacial score (nSPS) is 19.3. The number of likely N-dealkylation sites (tertiary alicyclic amines) is 1. The van der Waals surface area contributed by atoms with E-state index in [2.05, 4.69) is 6.92 Å². The Labute approximate surface area is 105 Å². The lowest BCUT2D eigenvalue weighted by atomic mass is 10.1. The highest BCUT2D eigenvalue weighted by Gasteiger charge is 2.28. The molecule has 1 aromatic rings. The molecule has 1 aliphatic heterocycles. The maximum absolute atomic E-state index is 11.7. The van der Waals surface area contributed by atoms with Crippen LogP contribution >= 0.6 is 0 Å². The van der Waals surface area contributed by atoms with Crippen LogP contribution in [0.15, 0.2) is 16.5 Å². The van der Waals surface area contributed by atoms with Crippen molar-refractivity contribution >= 4 is 11.8 Å². The zero-order chi connectivity index (χ0) is 13.1. The summed E-state index contributed by atoms with van der Waals surface area (Å²) in [4.78, 5) is 24.7. The maximum Gasteiger partial charge on any atom is 0.300 e. The average Bonchev–Trinajstić information content (AvgIpc) is 2.97. The molecule has 0 aliphatic carbocycles. The van der Waals surface area contributed by atoms with Crippen LogP contribution in [0.2, 0.25) is 0 Å². The van der Waals surface area contributed by atoms with Gasteiger partial charge in [0.2, 0.25) is 5.91 Å². The van der Waals surface area contributed by atoms with Gasteiger partial charge in [0.25, 0.3) is 0 Å². The molecule has 1 unspecified atom stereocenters. The van der Waals surface area contributed by atoms with Crippen molar-refractivity contribution in [3.63, 3.8) is 0 Å². The first-order valence-corrected chi connectivity index (χ1v) is 6.01. The summed E-state index contributed by atoms with van der Waals surface area (Å²) in [5.41, 5.74) is 2.00. The van der Waals surface area contributed by atoms with Gasteiger partial charge in [-0.15, -0.1) is 0 Å². The van der Waals surface area contributed by atoms with Crippen LogP contribution in [0.25, 0.3) is 0 Å². The molecule has 0 aromatic carbocycles. The topological polar surface area (TPSA) is 88.6 Å². The molecular formula is C12H17N3O3. The molecule has 0 bridgehead atoms. The van der Waals surface area contributed by atoms with E-state index in [-0.39, 0.29) is 11.7 Å². The van der Waals surface area contributed by atoms with Crippen LogP contribution in [0, 0.1) is 5.92 Å². The Kier molecular flexibility index (Phi) is 3.66. The van der Waals surface area contributed by atoms with Gasteiger partial charge < -0.3 is 9.32 Å². The molecule has 6 heteroatoms. The third-order valence-electron chi connectivity index (χ3n) is 3.24. The SMILES string of the molecule is CCC1CC(=O)N(Cc2ccc(C(=O)NN)o2)C1. The molecule has 3 N–H and O–H groups in total. The molecule has 0 radical (unpaired) electrons. The number of nitrogens with zero attached hydrogens (tertiary/aromatic N) is 1. The van der Waals surface area contributed by atoms with Crippen LogP contribution in [0.3, 0.4) is 0 Å². The van der Waals surface area contributed by atoms with Crippen LogP contribution in [0.5, 0.6) is 0 Å². The lowest BCUT2D eigenvalue weighted by molar-refractivity contribution is -0.128. The standard InChI is InChI=1S/C12H17N3O3/c1-2-8-5-11(16)15(6-8)7-9-3-4-10(18-9)12(17)14-13/h3-4,8H,2,5-7,13H2,1H3,(H,14,17). The van der Waals surface area contributed by atoms with Gasteiger partial charge in [-0.05, 0) is 18.1 Å². The first-order valence-electron chi connectivity index (χ1n) is 6.01. The minimum atomic E-state index is -0.472. The fourth-order valence-electron chi connectivity index (χ4n) is 2.12. The largest absolute Gasteiger partial charge is 0.454 e. The van der Waals surface area contributed by atoms with Gasteiger partial charge in [-0.2, -0.15) is 0 Å². The fraction of sp³-hybridized carbons (Fsp3) is 0.500. The number of hydrazine groups is 1. The third-order valence-corrected chi connectivity index (χ3v) is 3.24. The molecule has 1 atom stereocenters. The summed E-state index contributed by atoms with van der Waals surface area (Å²) in [7, 11) is 0. The number of furan rings is 1. The number of rotatable bonds is 4. The summed E-state index contributed by atoms with van der Waals surface area (Å²) in [5, 5.41) is 0. The Bertz CT molecular complexity index is 455. The lowest BCUT2D eigenvalue weighted by Gasteiger charge is -2.14. The van der Waals surface area contributed by atoms with Crippen molar-refractivity contribution < 1.29 is 14.0 Å². The molecule has 98 valence electrons. The van der Waals surface area contributed by atoms with E-state index in [1.807, 2.05) is 5.43 Å². The second-order valence-corrected chi connectivity index (χ2v) is 4.49. The van der Waals surface area contributed by atoms with E-state index in [1.54, 1.807) is 17.0 Å². The van der Waals surface area contributed by atoms with Crippen molar-refractivity contribution in [2.45, 2.75) is 26.3 Å². The van der Waals surface area contributed by atoms with Gasteiger partial charge in [0.1, 0.15) is 5.76 Å². The smallest absolute Gasteiger partial charge is 0.300 e. The Balaban J connectivity index is 2.00. The third kappa shape index (κ3) is 2.53. The zero-order valence-corrected chi connectivity index (χ0v) is 10.3. The summed E-state index contributed by atoms with van der Waals surface area (Å²) in [6, 6.07) is 3.24. The number of nitrogens with two attached hydrogens (primary N) is 1. The quantitative estimate of drug-likeness (QED) is 0.467. The van der Waals surface area contributed by atoms with Crippen LogP contribution < -0.4 is 11.3 Å². The molecule has 2 amide bonds. The molecule has 1 aromatic heterocycles. The Morgan fingerprint density at radius 3 is 3.00 bits per heavy atom. The molecule has 1 fully saturated rings. The van der Waals surface area contributed by atoms with Crippen molar-refractivity contribution in [1.82, 2.24) is 10.3 Å². The molecular weight excluding hydrogens is 234 g/mol. The lowest BCUT2D eigenvalue weighted by Crippen LogP contribution is -2.29. The highest BCUT2D eigenvalue weighted by Crippen LogP contribution is 2.22. The van der Waals surface area contributed by atoms with E-state index in [1.165, 1.54) is 0 Å². The number of carbonyl (C=O) groups is 2. The van der Waals surface area contributed by atoms with Gasteiger partial charge in [-0.25, -0.2) is 5.84 Å². The Hall–Kier alpha value is -1.82. The Morgan fingerprint density at radius 1 is 1.61 bits per heavy atom. The van der Waals surface area contributed by atoms with Crippen molar-refractivity contribution in [1.29, 1.82) is 0 Å². The maximum atomic E-state index is 11.7. The van der Waals surface area contributed by atoms with E-state index in [0.29, 0.717) is 24.6 Å². The fourth-order valence-corrected chi connectivity index (χ4v) is 2.12. The average molecular weight is 251 g/mol. The van der Waals surface area contributed by atoms with Crippen LogP contribution in [0.1, 0.15) is 36.1 Å². The van der Waals surface area contributed by atoms with Crippen LogP contribution in [0.4, 0.5) is 0 Å². The van der Waals surface area contributed by atoms with E-state index in [4.69, 9.17) is 10.3 Å². The molecule has 2 rings (SSSR count). The second kappa shape index (κ2) is 5.22. The summed E-state index contributed by atoms with van der Waals surface area (Å²) >= 11 is 0. The molecule has 1 saturated heterocycles. The van der Waals surface area contributed by atoms with Gasteiger partial charge in [-0.1, -0.05) is 13.3 Å². The van der Waals surface area contributed by atoms with Gasteiger partial charge in [0.15, 0.2) is 5.76 Å². The number of hydrogen-bond acceptors (Lipinski definition) is 4. The molecule has 0 spiro atoms. The van der Waals surface area contributed by atoms with E-state index in [9.17, 15) is 9.59 Å². The monoisotopic (exact) mass is 251 g/mol. The van der Waals surface area contributed by atoms with Crippen molar-refractivity contribution in [3.8, 4) is 0 Å². The molecule has 6 nitrogen and oxygen atoms in total. The minimum Gasteiger partial charge on any atom is -0.454 e. The van der Waals surface area contributed by atoms with Crippen LogP contribution in [-0.4, -0.2) is 23.3 Å². The number of nitrogens with one attached hydrogen (secondary N) is 1. The van der Waals surface area contributed by atoms with Gasteiger partial charge >= 0.3 is 5.91 Å². The summed E-state index contributed by atoms with van der Waals surface area (Å²) in [5.74, 6) is 5.87. The van der Waals surface area contributed by atoms with Crippen molar-refractivity contribution in [2.24, 2.45) is 11.8 Å². The Morgan fingerprint density at radius 2 is 2.39 bits per heavy atom. The predicted octanol–water partition coefficient (Wildman–Crippen LogP) is 0.642. The van der Waals surface area contributed by atoms with Crippen LogP contribution in [-0.2, 0) is 11.3 Å². The first kappa shape index (κ1) is 12.6. The number of hydrogen-bond donors (Lipinski definition) is 2. The molecule has 0 saturated carbocycles. The molecule has 1 aliphatic rings. The van der Waals surface area contributed by atoms with Gasteiger partial charge in [0, 0.05) is 13.0 Å². The van der Waals surface area contributed by atoms with Gasteiger partial charge in [0.05, 0.1) is 6.54 Å². The highest BCUT2D eigenvalue weighted by atomic mass is 16.4. The number of nitrogen functional groups attached to an aromatic ring is 1. The molecule has 18 heavy (non-hydrogen) atoms.